The molecule has 2 aromatic rings. The highest BCUT2D eigenvalue weighted by atomic mass is 35.5. The molecule has 15 heavy (non-hydrogen) atoms. The first-order chi connectivity index (χ1) is 7.09. The molecule has 2 heterocycles. The molecular weight excluding hydrogens is 224 g/mol. The summed E-state index contributed by atoms with van der Waals surface area (Å²) in [5, 5.41) is 16.0. The van der Waals surface area contributed by atoms with E-state index in [1.807, 2.05) is 0 Å². The number of nitrogens with zero attached hydrogens (tertiary/aromatic N) is 4. The van der Waals surface area contributed by atoms with Gasteiger partial charge in [-0.3, -0.25) is 4.68 Å². The van der Waals surface area contributed by atoms with Crippen molar-refractivity contribution in [2.24, 2.45) is 7.05 Å². The van der Waals surface area contributed by atoms with Gasteiger partial charge in [-0.15, -0.1) is 0 Å². The van der Waals surface area contributed by atoms with Gasteiger partial charge in [0.2, 0.25) is 0 Å². The number of aromatic nitrogens is 4. The molecule has 0 unspecified atom stereocenters. The molecule has 0 aliphatic carbocycles. The standard InChI is InChI=1S/C7H5ClN4O3/c1-12-4(3(8)2-9-12)6-10-5(7(13)14)11-15-6/h2H,1H3,(H,13,14). The quantitative estimate of drug-likeness (QED) is 0.818. The summed E-state index contributed by atoms with van der Waals surface area (Å²) in [6.45, 7) is 0. The zero-order chi connectivity index (χ0) is 11.0. The van der Waals surface area contributed by atoms with Crippen LogP contribution in [-0.2, 0) is 7.05 Å². The van der Waals surface area contributed by atoms with E-state index in [1.165, 1.54) is 10.9 Å². The van der Waals surface area contributed by atoms with Gasteiger partial charge < -0.3 is 9.63 Å². The molecular formula is C7H5ClN4O3. The summed E-state index contributed by atoms with van der Waals surface area (Å²) in [4.78, 5) is 14.2. The van der Waals surface area contributed by atoms with Gasteiger partial charge in [0.05, 0.1) is 11.2 Å². The Morgan fingerprint density at radius 2 is 2.40 bits per heavy atom. The van der Waals surface area contributed by atoms with Crippen LogP contribution in [0.2, 0.25) is 5.02 Å². The number of hydrogen-bond acceptors (Lipinski definition) is 5. The summed E-state index contributed by atoms with van der Waals surface area (Å²) in [5.41, 5.74) is 0.386. The van der Waals surface area contributed by atoms with E-state index in [-0.39, 0.29) is 5.89 Å². The van der Waals surface area contributed by atoms with Crippen LogP contribution in [0.1, 0.15) is 10.6 Å². The van der Waals surface area contributed by atoms with E-state index in [0.29, 0.717) is 10.7 Å². The molecule has 0 spiro atoms. The number of rotatable bonds is 2. The van der Waals surface area contributed by atoms with E-state index in [4.69, 9.17) is 21.2 Å². The Balaban J connectivity index is 2.50. The third kappa shape index (κ3) is 1.57. The van der Waals surface area contributed by atoms with Gasteiger partial charge in [-0.05, 0) is 5.16 Å². The van der Waals surface area contributed by atoms with Crippen molar-refractivity contribution in [2.75, 3.05) is 0 Å². The second-order valence-electron chi connectivity index (χ2n) is 2.69. The lowest BCUT2D eigenvalue weighted by Gasteiger charge is -1.94. The maximum Gasteiger partial charge on any atom is 0.377 e. The van der Waals surface area contributed by atoms with Gasteiger partial charge in [0.25, 0.3) is 11.7 Å². The highest BCUT2D eigenvalue weighted by Crippen LogP contribution is 2.25. The lowest BCUT2D eigenvalue weighted by Crippen LogP contribution is -1.99. The third-order valence-electron chi connectivity index (χ3n) is 1.71. The SMILES string of the molecule is Cn1ncc(Cl)c1-c1nc(C(=O)O)no1. The minimum atomic E-state index is -1.26. The minimum absolute atomic E-state index is 0.0254. The van der Waals surface area contributed by atoms with E-state index >= 15 is 0 Å². The first-order valence-corrected chi connectivity index (χ1v) is 4.22. The third-order valence-corrected chi connectivity index (χ3v) is 1.99. The van der Waals surface area contributed by atoms with E-state index in [2.05, 4.69) is 15.2 Å². The van der Waals surface area contributed by atoms with E-state index < -0.39 is 11.8 Å². The maximum atomic E-state index is 10.5. The van der Waals surface area contributed by atoms with E-state index in [0.717, 1.165) is 0 Å². The molecule has 78 valence electrons. The van der Waals surface area contributed by atoms with Crippen LogP contribution in [-0.4, -0.2) is 31.0 Å². The number of carboxylic acid groups (broad SMARTS) is 1. The monoisotopic (exact) mass is 228 g/mol. The lowest BCUT2D eigenvalue weighted by atomic mass is 10.4. The summed E-state index contributed by atoms with van der Waals surface area (Å²) >= 11 is 5.81. The number of hydrogen-bond donors (Lipinski definition) is 1. The van der Waals surface area contributed by atoms with Gasteiger partial charge in [0.15, 0.2) is 0 Å². The highest BCUT2D eigenvalue weighted by Gasteiger charge is 2.19. The lowest BCUT2D eigenvalue weighted by molar-refractivity contribution is 0.0680. The molecule has 0 aliphatic rings. The van der Waals surface area contributed by atoms with E-state index in [9.17, 15) is 4.79 Å². The van der Waals surface area contributed by atoms with Crippen LogP contribution in [0.4, 0.5) is 0 Å². The van der Waals surface area contributed by atoms with Gasteiger partial charge in [-0.25, -0.2) is 4.79 Å². The Morgan fingerprint density at radius 1 is 1.67 bits per heavy atom. The summed E-state index contributed by atoms with van der Waals surface area (Å²) in [5.74, 6) is -1.65. The zero-order valence-corrected chi connectivity index (χ0v) is 8.26. The smallest absolute Gasteiger partial charge is 0.377 e. The minimum Gasteiger partial charge on any atom is -0.475 e. The van der Waals surface area contributed by atoms with Crippen LogP contribution in [0.3, 0.4) is 0 Å². The summed E-state index contributed by atoms with van der Waals surface area (Å²) in [6, 6.07) is 0. The fourth-order valence-electron chi connectivity index (χ4n) is 1.06. The molecule has 7 nitrogen and oxygen atoms in total. The molecule has 8 heteroatoms. The molecule has 0 fully saturated rings. The average molecular weight is 229 g/mol. The van der Waals surface area contributed by atoms with Crippen molar-refractivity contribution >= 4 is 17.6 Å². The number of halogens is 1. The number of carbonyl (C=O) groups is 1. The van der Waals surface area contributed by atoms with Gasteiger partial charge in [-0.1, -0.05) is 11.6 Å². The normalized spacial score (nSPS) is 10.5. The fourth-order valence-corrected chi connectivity index (χ4v) is 1.30. The van der Waals surface area contributed by atoms with Crippen LogP contribution in [0.15, 0.2) is 10.7 Å². The van der Waals surface area contributed by atoms with Crippen LogP contribution in [0.5, 0.6) is 0 Å². The zero-order valence-electron chi connectivity index (χ0n) is 7.51. The van der Waals surface area contributed by atoms with Crippen molar-refractivity contribution in [1.29, 1.82) is 0 Å². The Bertz CT molecular complexity index is 499. The average Bonchev–Trinajstić information content (AvgIpc) is 2.73. The topological polar surface area (TPSA) is 94.0 Å². The Hall–Kier alpha value is -1.89. The molecule has 2 aromatic heterocycles. The van der Waals surface area contributed by atoms with E-state index in [1.54, 1.807) is 7.05 Å². The molecule has 0 saturated carbocycles. The van der Waals surface area contributed by atoms with Crippen molar-refractivity contribution in [1.82, 2.24) is 19.9 Å². The molecule has 1 N–H and O–H groups in total. The van der Waals surface area contributed by atoms with Crippen LogP contribution < -0.4 is 0 Å². The van der Waals surface area contributed by atoms with Crippen molar-refractivity contribution in [2.45, 2.75) is 0 Å². The fraction of sp³-hybridized carbons (Fsp3) is 0.143. The van der Waals surface area contributed by atoms with Crippen molar-refractivity contribution in [3.63, 3.8) is 0 Å². The largest absolute Gasteiger partial charge is 0.475 e. The van der Waals surface area contributed by atoms with Gasteiger partial charge in [0.1, 0.15) is 5.69 Å². The second kappa shape index (κ2) is 3.35. The molecule has 2 rings (SSSR count). The first kappa shape index (κ1) is 9.66. The summed E-state index contributed by atoms with van der Waals surface area (Å²) in [6.07, 6.45) is 1.40. The summed E-state index contributed by atoms with van der Waals surface area (Å²) < 4.78 is 6.16. The van der Waals surface area contributed by atoms with Crippen LogP contribution in [0, 0.1) is 0 Å². The van der Waals surface area contributed by atoms with Gasteiger partial charge in [0, 0.05) is 7.05 Å². The molecule has 0 aromatic carbocycles. The molecule has 0 atom stereocenters. The van der Waals surface area contributed by atoms with Gasteiger partial charge in [-0.2, -0.15) is 10.1 Å². The van der Waals surface area contributed by atoms with Crippen LogP contribution >= 0.6 is 11.6 Å². The Morgan fingerprint density at radius 3 is 2.87 bits per heavy atom. The van der Waals surface area contributed by atoms with Crippen molar-refractivity contribution in [3.05, 3.63) is 17.0 Å². The Labute approximate surface area is 88.3 Å². The summed E-state index contributed by atoms with van der Waals surface area (Å²) in [7, 11) is 1.63. The molecule has 0 aliphatic heterocycles. The predicted octanol–water partition coefficient (Wildman–Crippen LogP) is 0.822. The van der Waals surface area contributed by atoms with Crippen molar-refractivity contribution in [3.8, 4) is 11.6 Å². The van der Waals surface area contributed by atoms with Crippen LogP contribution in [0.25, 0.3) is 11.6 Å². The molecule has 0 radical (unpaired) electrons. The predicted molar refractivity (Wildman–Crippen MR) is 48.5 cm³/mol. The van der Waals surface area contributed by atoms with Gasteiger partial charge >= 0.3 is 5.97 Å². The number of aryl methyl sites for hydroxylation is 1. The molecule has 0 saturated heterocycles. The highest BCUT2D eigenvalue weighted by molar-refractivity contribution is 6.32. The first-order valence-electron chi connectivity index (χ1n) is 3.84. The molecule has 0 bridgehead atoms. The number of aromatic carboxylic acids is 1. The maximum absolute atomic E-state index is 10.5. The Kier molecular flexibility index (Phi) is 2.16. The van der Waals surface area contributed by atoms with Crippen molar-refractivity contribution < 1.29 is 14.4 Å². The molecule has 0 amide bonds. The number of carboxylic acids is 1. The second-order valence-corrected chi connectivity index (χ2v) is 3.10.